The second-order valence-electron chi connectivity index (χ2n) is 3.47. The molecule has 1 aromatic rings. The Morgan fingerprint density at radius 3 is 2.67 bits per heavy atom. The molecule has 1 rings (SSSR count). The fourth-order valence-corrected chi connectivity index (χ4v) is 1.76. The molecule has 0 aromatic heterocycles. The number of aliphatic carboxylic acids is 1. The zero-order chi connectivity index (χ0) is 13.7. The molecule has 0 unspecified atom stereocenters. The van der Waals surface area contributed by atoms with Gasteiger partial charge in [-0.05, 0) is 41.1 Å². The van der Waals surface area contributed by atoms with Crippen LogP contribution < -0.4 is 5.32 Å². The molecule has 0 fully saturated rings. The number of hydrogen-bond acceptors (Lipinski definition) is 2. The van der Waals surface area contributed by atoms with E-state index in [2.05, 4.69) is 21.2 Å². The number of hydrogen-bond donors (Lipinski definition) is 2. The molecule has 1 aromatic carbocycles. The van der Waals surface area contributed by atoms with Crippen molar-refractivity contribution in [3.05, 3.63) is 27.7 Å². The first-order valence-electron chi connectivity index (χ1n) is 5.16. The number of carbonyl (C=O) groups is 2. The van der Waals surface area contributed by atoms with Gasteiger partial charge in [-0.25, -0.2) is 4.79 Å². The summed E-state index contributed by atoms with van der Waals surface area (Å²) >= 11 is 9.07. The van der Waals surface area contributed by atoms with E-state index < -0.39 is 12.0 Å². The van der Waals surface area contributed by atoms with Crippen LogP contribution in [0.4, 0.5) is 10.5 Å². The van der Waals surface area contributed by atoms with E-state index in [-0.39, 0.29) is 6.54 Å². The lowest BCUT2D eigenvalue weighted by atomic mass is 10.3. The molecule has 0 aliphatic carbocycles. The number of rotatable bonds is 4. The molecule has 0 saturated heterocycles. The number of nitrogens with one attached hydrogen (secondary N) is 1. The normalized spacial score (nSPS) is 9.94. The summed E-state index contributed by atoms with van der Waals surface area (Å²) in [7, 11) is 0. The Hall–Kier alpha value is -1.27. The number of carbonyl (C=O) groups excluding carboxylic acids is 1. The predicted molar refractivity (Wildman–Crippen MR) is 73.1 cm³/mol. The van der Waals surface area contributed by atoms with Crippen LogP contribution in [-0.2, 0) is 4.79 Å². The lowest BCUT2D eigenvalue weighted by Crippen LogP contribution is -2.38. The molecule has 98 valence electrons. The van der Waals surface area contributed by atoms with Crippen LogP contribution in [-0.4, -0.2) is 35.1 Å². The molecule has 0 atom stereocenters. The largest absolute Gasteiger partial charge is 0.480 e. The van der Waals surface area contributed by atoms with Gasteiger partial charge in [0, 0.05) is 16.7 Å². The lowest BCUT2D eigenvalue weighted by molar-refractivity contribution is -0.137. The zero-order valence-electron chi connectivity index (χ0n) is 9.61. The van der Waals surface area contributed by atoms with E-state index >= 15 is 0 Å². The van der Waals surface area contributed by atoms with E-state index in [1.807, 2.05) is 0 Å². The minimum absolute atomic E-state index is 0.312. The summed E-state index contributed by atoms with van der Waals surface area (Å²) in [6.45, 7) is 1.68. The fourth-order valence-electron chi connectivity index (χ4n) is 1.27. The van der Waals surface area contributed by atoms with Gasteiger partial charge in [-0.2, -0.15) is 0 Å². The van der Waals surface area contributed by atoms with E-state index in [4.69, 9.17) is 16.7 Å². The summed E-state index contributed by atoms with van der Waals surface area (Å²) in [6, 6.07) is 4.46. The summed E-state index contributed by atoms with van der Waals surface area (Å²) < 4.78 is 0.656. The van der Waals surface area contributed by atoms with E-state index in [1.165, 1.54) is 4.90 Å². The van der Waals surface area contributed by atoms with Crippen LogP contribution in [0.15, 0.2) is 22.7 Å². The van der Waals surface area contributed by atoms with Crippen molar-refractivity contribution in [3.8, 4) is 0 Å². The molecule has 0 aliphatic rings. The molecule has 5 nitrogen and oxygen atoms in total. The lowest BCUT2D eigenvalue weighted by Gasteiger charge is -2.19. The summed E-state index contributed by atoms with van der Waals surface area (Å²) in [6.07, 6.45) is 0. The molecule has 2 amide bonds. The zero-order valence-corrected chi connectivity index (χ0v) is 12.0. The first kappa shape index (κ1) is 14.8. The Bertz CT molecular complexity index is 468. The van der Waals surface area contributed by atoms with Crippen LogP contribution in [0.1, 0.15) is 6.92 Å². The second-order valence-corrected chi connectivity index (χ2v) is 4.73. The third-order valence-electron chi connectivity index (χ3n) is 2.17. The quantitative estimate of drug-likeness (QED) is 0.888. The van der Waals surface area contributed by atoms with Crippen molar-refractivity contribution in [2.75, 3.05) is 18.4 Å². The van der Waals surface area contributed by atoms with Gasteiger partial charge >= 0.3 is 12.0 Å². The van der Waals surface area contributed by atoms with Crippen LogP contribution >= 0.6 is 27.5 Å². The molecule has 18 heavy (non-hydrogen) atoms. The maximum absolute atomic E-state index is 11.8. The Morgan fingerprint density at radius 2 is 2.17 bits per heavy atom. The van der Waals surface area contributed by atoms with Crippen LogP contribution in [0.25, 0.3) is 0 Å². The van der Waals surface area contributed by atoms with E-state index in [0.29, 0.717) is 21.7 Å². The van der Waals surface area contributed by atoms with Crippen LogP contribution in [0.2, 0.25) is 5.02 Å². The summed E-state index contributed by atoms with van der Waals surface area (Å²) in [4.78, 5) is 23.5. The smallest absolute Gasteiger partial charge is 0.323 e. The van der Waals surface area contributed by atoms with Gasteiger partial charge in [-0.3, -0.25) is 4.79 Å². The Labute approximate surface area is 118 Å². The second kappa shape index (κ2) is 6.61. The standard InChI is InChI=1S/C11H12BrClN2O3/c1-2-15(6-10(16)17)11(18)14-7-3-4-9(13)8(12)5-7/h3-5H,2,6H2,1H3,(H,14,18)(H,16,17). The average molecular weight is 336 g/mol. The highest BCUT2D eigenvalue weighted by molar-refractivity contribution is 9.10. The highest BCUT2D eigenvalue weighted by Gasteiger charge is 2.15. The topological polar surface area (TPSA) is 69.6 Å². The SMILES string of the molecule is CCN(CC(=O)O)C(=O)Nc1ccc(Cl)c(Br)c1. The van der Waals surface area contributed by atoms with E-state index in [0.717, 1.165) is 0 Å². The third kappa shape index (κ3) is 4.19. The number of halogens is 2. The number of likely N-dealkylation sites (N-methyl/N-ethyl adjacent to an activating group) is 1. The summed E-state index contributed by atoms with van der Waals surface area (Å²) in [5, 5.41) is 11.8. The monoisotopic (exact) mass is 334 g/mol. The number of benzene rings is 1. The molecule has 0 bridgehead atoms. The van der Waals surface area contributed by atoms with Gasteiger partial charge in [-0.15, -0.1) is 0 Å². The maximum Gasteiger partial charge on any atom is 0.323 e. The third-order valence-corrected chi connectivity index (χ3v) is 3.38. The average Bonchev–Trinajstić information content (AvgIpc) is 2.30. The number of anilines is 1. The van der Waals surface area contributed by atoms with Crippen molar-refractivity contribution in [3.63, 3.8) is 0 Å². The van der Waals surface area contributed by atoms with Gasteiger partial charge in [0.15, 0.2) is 0 Å². The highest BCUT2D eigenvalue weighted by atomic mass is 79.9. The molecule has 2 N–H and O–H groups in total. The van der Waals surface area contributed by atoms with Gasteiger partial charge in [0.1, 0.15) is 6.54 Å². The summed E-state index contributed by atoms with van der Waals surface area (Å²) in [5.41, 5.74) is 0.542. The molecule has 0 spiro atoms. The molecule has 7 heteroatoms. The number of carboxylic acids is 1. The molecular weight excluding hydrogens is 323 g/mol. The number of amides is 2. The van der Waals surface area contributed by atoms with E-state index in [9.17, 15) is 9.59 Å². The Balaban J connectivity index is 2.73. The van der Waals surface area contributed by atoms with Crippen LogP contribution in [0.5, 0.6) is 0 Å². The van der Waals surface area contributed by atoms with Crippen molar-refractivity contribution < 1.29 is 14.7 Å². The minimum atomic E-state index is -1.05. The van der Waals surface area contributed by atoms with Crippen molar-refractivity contribution in [1.29, 1.82) is 0 Å². The first-order valence-corrected chi connectivity index (χ1v) is 6.34. The Morgan fingerprint density at radius 1 is 1.50 bits per heavy atom. The molecule has 0 radical (unpaired) electrons. The Kier molecular flexibility index (Phi) is 5.43. The van der Waals surface area contributed by atoms with Crippen molar-refractivity contribution >= 4 is 45.2 Å². The number of urea groups is 1. The van der Waals surface area contributed by atoms with Gasteiger partial charge in [0.2, 0.25) is 0 Å². The fraction of sp³-hybridized carbons (Fsp3) is 0.273. The van der Waals surface area contributed by atoms with Gasteiger partial charge in [-0.1, -0.05) is 11.6 Å². The molecule has 0 heterocycles. The predicted octanol–water partition coefficient (Wildman–Crippen LogP) is 3.04. The molecule has 0 aliphatic heterocycles. The van der Waals surface area contributed by atoms with Gasteiger partial charge in [0.25, 0.3) is 0 Å². The van der Waals surface area contributed by atoms with Crippen LogP contribution in [0.3, 0.4) is 0 Å². The molecular formula is C11H12BrClN2O3. The maximum atomic E-state index is 11.8. The number of nitrogens with zero attached hydrogens (tertiary/aromatic N) is 1. The number of carboxylic acid groups (broad SMARTS) is 1. The minimum Gasteiger partial charge on any atom is -0.480 e. The van der Waals surface area contributed by atoms with E-state index in [1.54, 1.807) is 25.1 Å². The van der Waals surface area contributed by atoms with Gasteiger partial charge in [0.05, 0.1) is 5.02 Å². The van der Waals surface area contributed by atoms with Gasteiger partial charge < -0.3 is 15.3 Å². The van der Waals surface area contributed by atoms with Crippen molar-refractivity contribution in [2.24, 2.45) is 0 Å². The van der Waals surface area contributed by atoms with Crippen molar-refractivity contribution in [2.45, 2.75) is 6.92 Å². The van der Waals surface area contributed by atoms with Crippen molar-refractivity contribution in [1.82, 2.24) is 4.90 Å². The highest BCUT2D eigenvalue weighted by Crippen LogP contribution is 2.25. The first-order chi connectivity index (χ1) is 8.43. The van der Waals surface area contributed by atoms with Crippen LogP contribution in [0, 0.1) is 0 Å². The molecule has 0 saturated carbocycles. The summed E-state index contributed by atoms with van der Waals surface area (Å²) in [5.74, 6) is -1.05.